The molecule has 76 valence electrons. The molecule has 0 N–H and O–H groups in total. The Morgan fingerprint density at radius 1 is 0.933 bits per heavy atom. The molecule has 0 saturated heterocycles. The predicted octanol–water partition coefficient (Wildman–Crippen LogP) is 4.18. The second-order valence-electron chi connectivity index (χ2n) is 2.84. The number of hydrogen-bond donors (Lipinski definition) is 0. The van der Waals surface area contributed by atoms with Gasteiger partial charge in [-0.05, 0) is 18.2 Å². The molecule has 0 radical (unpaired) electrons. The smallest absolute Gasteiger partial charge is 0.164 e. The molecular weight excluding hydrogens is 233 g/mol. The van der Waals surface area contributed by atoms with Gasteiger partial charge in [0.1, 0.15) is 5.75 Å². The Morgan fingerprint density at radius 3 is 2.40 bits per heavy atom. The molecule has 0 bridgehead atoms. The first kappa shape index (κ1) is 10.3. The zero-order valence-electron chi connectivity index (χ0n) is 7.65. The zero-order valence-corrected chi connectivity index (χ0v) is 9.16. The maximum Gasteiger partial charge on any atom is 0.164 e. The highest BCUT2D eigenvalue weighted by Crippen LogP contribution is 2.32. The standard InChI is InChI=1S/C11H7Cl2NO/c12-8-3-1-2-4-10(8)15-11-7-14-6-5-9(11)13/h1-7H. The van der Waals surface area contributed by atoms with Crippen molar-refractivity contribution in [1.29, 1.82) is 0 Å². The SMILES string of the molecule is Clc1ccccc1Oc1cnccc1Cl. The van der Waals surface area contributed by atoms with Gasteiger partial charge in [-0.25, -0.2) is 0 Å². The van der Waals surface area contributed by atoms with Crippen LogP contribution in [0.15, 0.2) is 42.7 Å². The average molecular weight is 240 g/mol. The third-order valence-electron chi connectivity index (χ3n) is 1.79. The van der Waals surface area contributed by atoms with E-state index in [9.17, 15) is 0 Å². The van der Waals surface area contributed by atoms with E-state index in [1.54, 1.807) is 30.6 Å². The summed E-state index contributed by atoms with van der Waals surface area (Å²) in [5.74, 6) is 1.06. The summed E-state index contributed by atoms with van der Waals surface area (Å²) < 4.78 is 5.51. The molecule has 0 saturated carbocycles. The summed E-state index contributed by atoms with van der Waals surface area (Å²) in [6.07, 6.45) is 3.15. The molecule has 0 atom stereocenters. The normalized spacial score (nSPS) is 10.0. The fourth-order valence-electron chi connectivity index (χ4n) is 1.08. The molecular formula is C11H7Cl2NO. The van der Waals surface area contributed by atoms with E-state index in [0.29, 0.717) is 21.5 Å². The van der Waals surface area contributed by atoms with Crippen molar-refractivity contribution in [2.24, 2.45) is 0 Å². The van der Waals surface area contributed by atoms with Crippen LogP contribution >= 0.6 is 23.2 Å². The molecule has 4 heteroatoms. The number of hydrogen-bond acceptors (Lipinski definition) is 2. The van der Waals surface area contributed by atoms with Crippen LogP contribution in [0.1, 0.15) is 0 Å². The molecule has 0 aliphatic rings. The average Bonchev–Trinajstić information content (AvgIpc) is 2.24. The molecule has 0 spiro atoms. The molecule has 0 unspecified atom stereocenters. The molecule has 1 aromatic carbocycles. The van der Waals surface area contributed by atoms with Crippen LogP contribution in [0.25, 0.3) is 0 Å². The quantitative estimate of drug-likeness (QED) is 0.785. The van der Waals surface area contributed by atoms with Crippen LogP contribution < -0.4 is 4.74 Å². The molecule has 2 nitrogen and oxygen atoms in total. The van der Waals surface area contributed by atoms with Gasteiger partial charge in [-0.1, -0.05) is 35.3 Å². The van der Waals surface area contributed by atoms with Crippen molar-refractivity contribution < 1.29 is 4.74 Å². The van der Waals surface area contributed by atoms with E-state index in [4.69, 9.17) is 27.9 Å². The van der Waals surface area contributed by atoms with Crippen LogP contribution in [0.2, 0.25) is 10.0 Å². The molecule has 1 heterocycles. The highest BCUT2D eigenvalue weighted by molar-refractivity contribution is 6.32. The third-order valence-corrected chi connectivity index (χ3v) is 2.42. The maximum absolute atomic E-state index is 5.94. The van der Waals surface area contributed by atoms with Crippen LogP contribution in [0, 0.1) is 0 Å². The maximum atomic E-state index is 5.94. The number of rotatable bonds is 2. The van der Waals surface area contributed by atoms with E-state index < -0.39 is 0 Å². The molecule has 0 aliphatic carbocycles. The van der Waals surface area contributed by atoms with Crippen LogP contribution in [-0.2, 0) is 0 Å². The number of ether oxygens (including phenoxy) is 1. The summed E-state index contributed by atoms with van der Waals surface area (Å²) in [5.41, 5.74) is 0. The van der Waals surface area contributed by atoms with Gasteiger partial charge < -0.3 is 4.74 Å². The van der Waals surface area contributed by atoms with E-state index in [1.807, 2.05) is 12.1 Å². The van der Waals surface area contributed by atoms with E-state index in [1.165, 1.54) is 0 Å². The highest BCUT2D eigenvalue weighted by atomic mass is 35.5. The lowest BCUT2D eigenvalue weighted by atomic mass is 10.3. The molecule has 0 aliphatic heterocycles. The van der Waals surface area contributed by atoms with Crippen molar-refractivity contribution in [3.63, 3.8) is 0 Å². The van der Waals surface area contributed by atoms with Gasteiger partial charge in [0.15, 0.2) is 5.75 Å². The second kappa shape index (κ2) is 4.51. The molecule has 1 aromatic heterocycles. The van der Waals surface area contributed by atoms with Crippen molar-refractivity contribution in [2.75, 3.05) is 0 Å². The minimum Gasteiger partial charge on any atom is -0.453 e. The Labute approximate surface area is 97.4 Å². The summed E-state index contributed by atoms with van der Waals surface area (Å²) in [5, 5.41) is 1.04. The highest BCUT2D eigenvalue weighted by Gasteiger charge is 2.05. The molecule has 15 heavy (non-hydrogen) atoms. The van der Waals surface area contributed by atoms with Crippen LogP contribution in [0.3, 0.4) is 0 Å². The Bertz CT molecular complexity index is 430. The summed E-state index contributed by atoms with van der Waals surface area (Å²) in [6.45, 7) is 0. The largest absolute Gasteiger partial charge is 0.453 e. The second-order valence-corrected chi connectivity index (χ2v) is 3.65. The van der Waals surface area contributed by atoms with Crippen molar-refractivity contribution in [1.82, 2.24) is 4.98 Å². The van der Waals surface area contributed by atoms with Crippen molar-refractivity contribution in [3.8, 4) is 11.5 Å². The van der Waals surface area contributed by atoms with Gasteiger partial charge in [0.2, 0.25) is 0 Å². The number of halogens is 2. The van der Waals surface area contributed by atoms with Gasteiger partial charge in [-0.2, -0.15) is 0 Å². The molecule has 2 rings (SSSR count). The van der Waals surface area contributed by atoms with Crippen LogP contribution in [0.4, 0.5) is 0 Å². The topological polar surface area (TPSA) is 22.1 Å². The Kier molecular flexibility index (Phi) is 3.09. The van der Waals surface area contributed by atoms with Crippen LogP contribution in [-0.4, -0.2) is 4.98 Å². The summed E-state index contributed by atoms with van der Waals surface area (Å²) in [7, 11) is 0. The lowest BCUT2D eigenvalue weighted by Gasteiger charge is -2.07. The first-order valence-electron chi connectivity index (χ1n) is 4.29. The van der Waals surface area contributed by atoms with E-state index in [-0.39, 0.29) is 0 Å². The Morgan fingerprint density at radius 2 is 1.67 bits per heavy atom. The van der Waals surface area contributed by atoms with Crippen molar-refractivity contribution >= 4 is 23.2 Å². The summed E-state index contributed by atoms with van der Waals surface area (Å²) in [4.78, 5) is 3.92. The minimum absolute atomic E-state index is 0.493. The van der Waals surface area contributed by atoms with Crippen LogP contribution in [0.5, 0.6) is 11.5 Å². The summed E-state index contributed by atoms with van der Waals surface area (Å²) >= 11 is 11.9. The van der Waals surface area contributed by atoms with Gasteiger partial charge in [-0.3, -0.25) is 4.98 Å². The van der Waals surface area contributed by atoms with Gasteiger partial charge in [0.05, 0.1) is 16.2 Å². The predicted molar refractivity (Wildman–Crippen MR) is 60.8 cm³/mol. The summed E-state index contributed by atoms with van der Waals surface area (Å²) in [6, 6.07) is 8.85. The molecule has 0 amide bonds. The lowest BCUT2D eigenvalue weighted by Crippen LogP contribution is -1.86. The van der Waals surface area contributed by atoms with Crippen molar-refractivity contribution in [3.05, 3.63) is 52.8 Å². The monoisotopic (exact) mass is 239 g/mol. The Balaban J connectivity index is 2.30. The Hall–Kier alpha value is -1.25. The van der Waals surface area contributed by atoms with Gasteiger partial charge >= 0.3 is 0 Å². The van der Waals surface area contributed by atoms with E-state index in [0.717, 1.165) is 0 Å². The zero-order chi connectivity index (χ0) is 10.7. The fraction of sp³-hybridized carbons (Fsp3) is 0. The number of aromatic nitrogens is 1. The molecule has 0 fully saturated rings. The first-order valence-corrected chi connectivity index (χ1v) is 5.05. The van der Waals surface area contributed by atoms with E-state index >= 15 is 0 Å². The lowest BCUT2D eigenvalue weighted by molar-refractivity contribution is 0.481. The number of nitrogens with zero attached hydrogens (tertiary/aromatic N) is 1. The molecule has 2 aromatic rings. The minimum atomic E-state index is 0.493. The third kappa shape index (κ3) is 2.41. The van der Waals surface area contributed by atoms with E-state index in [2.05, 4.69) is 4.98 Å². The van der Waals surface area contributed by atoms with Gasteiger partial charge in [0, 0.05) is 6.20 Å². The fourth-order valence-corrected chi connectivity index (χ4v) is 1.40. The number of pyridine rings is 1. The van der Waals surface area contributed by atoms with Crippen molar-refractivity contribution in [2.45, 2.75) is 0 Å². The first-order chi connectivity index (χ1) is 7.27. The number of para-hydroxylation sites is 1. The van der Waals surface area contributed by atoms with Gasteiger partial charge in [-0.15, -0.1) is 0 Å². The van der Waals surface area contributed by atoms with Gasteiger partial charge in [0.25, 0.3) is 0 Å². The number of benzene rings is 1.